The second-order valence-corrected chi connectivity index (χ2v) is 7.97. The molecule has 1 aliphatic heterocycles. The van der Waals surface area contributed by atoms with Crippen molar-refractivity contribution in [3.05, 3.63) is 12.7 Å². The first-order valence-electron chi connectivity index (χ1n) is 5.91. The lowest BCUT2D eigenvalue weighted by Crippen LogP contribution is -2.21. The minimum absolute atomic E-state index is 0.385. The van der Waals surface area contributed by atoms with E-state index in [1.807, 2.05) is 6.08 Å². The monoisotopic (exact) mass is 210 g/mol. The highest BCUT2D eigenvalue weighted by molar-refractivity contribution is 6.58. The van der Waals surface area contributed by atoms with Crippen LogP contribution in [0.25, 0.3) is 0 Å². The molecule has 2 heteroatoms. The number of carbonyl (C=O) groups excluding carboxylic acids is 1. The first kappa shape index (κ1) is 11.7. The summed E-state index contributed by atoms with van der Waals surface area (Å²) in [6, 6.07) is 4.46. The van der Waals surface area contributed by atoms with Gasteiger partial charge in [-0.05, 0) is 12.3 Å². The average molecular weight is 210 g/mol. The van der Waals surface area contributed by atoms with Gasteiger partial charge in [0, 0.05) is 15.2 Å². The summed E-state index contributed by atoms with van der Waals surface area (Å²) in [7, 11) is -0.385. The second-order valence-electron chi connectivity index (χ2n) is 4.51. The molecule has 0 aromatic rings. The zero-order chi connectivity index (χ0) is 10.2. The molecule has 0 radical (unpaired) electrons. The lowest BCUT2D eigenvalue weighted by Gasteiger charge is -2.26. The topological polar surface area (TPSA) is 17.1 Å². The van der Waals surface area contributed by atoms with Gasteiger partial charge in [-0.25, -0.2) is 0 Å². The fraction of sp³-hybridized carbons (Fsp3) is 0.750. The van der Waals surface area contributed by atoms with E-state index in [4.69, 9.17) is 0 Å². The lowest BCUT2D eigenvalue weighted by molar-refractivity contribution is -0.108. The number of unbranched alkanes of at least 4 members (excludes halogenated alkanes) is 1. The number of aldehydes is 1. The second kappa shape index (κ2) is 6.99. The van der Waals surface area contributed by atoms with Crippen LogP contribution in [0.15, 0.2) is 12.7 Å². The summed E-state index contributed by atoms with van der Waals surface area (Å²) >= 11 is 0. The van der Waals surface area contributed by atoms with Crippen molar-refractivity contribution in [3.63, 3.8) is 0 Å². The molecular formula is C12H22OSi. The van der Waals surface area contributed by atoms with Crippen molar-refractivity contribution in [3.8, 4) is 0 Å². The molecule has 0 unspecified atom stereocenters. The van der Waals surface area contributed by atoms with Crippen LogP contribution in [0.3, 0.4) is 0 Å². The van der Waals surface area contributed by atoms with Crippen molar-refractivity contribution < 1.29 is 4.79 Å². The highest BCUT2D eigenvalue weighted by Gasteiger charge is 2.21. The summed E-state index contributed by atoms with van der Waals surface area (Å²) in [5.41, 5.74) is 0. The van der Waals surface area contributed by atoms with Crippen molar-refractivity contribution in [2.75, 3.05) is 0 Å². The number of hydrogen-bond donors (Lipinski definition) is 0. The summed E-state index contributed by atoms with van der Waals surface area (Å²) in [5, 5.41) is 0. The van der Waals surface area contributed by atoms with Crippen LogP contribution >= 0.6 is 0 Å². The molecule has 0 saturated carbocycles. The predicted molar refractivity (Wildman–Crippen MR) is 64.4 cm³/mol. The van der Waals surface area contributed by atoms with Crippen molar-refractivity contribution in [1.82, 2.24) is 0 Å². The predicted octanol–water partition coefficient (Wildman–Crippen LogP) is 3.18. The van der Waals surface area contributed by atoms with E-state index < -0.39 is 0 Å². The molecule has 1 heterocycles. The molecule has 1 saturated heterocycles. The van der Waals surface area contributed by atoms with Crippen LogP contribution < -0.4 is 0 Å². The average Bonchev–Trinajstić information content (AvgIpc) is 2.21. The van der Waals surface area contributed by atoms with Gasteiger partial charge >= 0.3 is 0 Å². The molecule has 0 spiro atoms. The molecule has 1 aliphatic rings. The van der Waals surface area contributed by atoms with E-state index in [1.165, 1.54) is 43.8 Å². The number of allylic oxidation sites excluding steroid dienone is 1. The minimum atomic E-state index is -0.385. The molecule has 1 rings (SSSR count). The van der Waals surface area contributed by atoms with E-state index in [2.05, 4.69) is 6.58 Å². The molecule has 0 amide bonds. The molecule has 80 valence electrons. The number of rotatable bonds is 6. The third-order valence-corrected chi connectivity index (χ3v) is 6.94. The van der Waals surface area contributed by atoms with Crippen molar-refractivity contribution >= 4 is 15.1 Å². The van der Waals surface area contributed by atoms with Gasteiger partial charge in [0.25, 0.3) is 0 Å². The maximum absolute atomic E-state index is 10.4. The summed E-state index contributed by atoms with van der Waals surface area (Å²) in [5.74, 6) is 0.732. The zero-order valence-electron chi connectivity index (χ0n) is 9.08. The Morgan fingerprint density at radius 1 is 1.36 bits per heavy atom. The van der Waals surface area contributed by atoms with E-state index in [1.54, 1.807) is 0 Å². The molecule has 0 N–H and O–H groups in total. The maximum Gasteiger partial charge on any atom is 0.120 e. The van der Waals surface area contributed by atoms with Gasteiger partial charge in [0.2, 0.25) is 0 Å². The van der Waals surface area contributed by atoms with Crippen LogP contribution in [0.4, 0.5) is 0 Å². The van der Waals surface area contributed by atoms with E-state index in [9.17, 15) is 4.79 Å². The Morgan fingerprint density at radius 3 is 2.64 bits per heavy atom. The van der Waals surface area contributed by atoms with Crippen molar-refractivity contribution in [1.29, 1.82) is 0 Å². The van der Waals surface area contributed by atoms with Crippen LogP contribution in [-0.2, 0) is 4.79 Å². The third-order valence-electron chi connectivity index (χ3n) is 3.42. The molecule has 0 atom stereocenters. The molecule has 0 aliphatic carbocycles. The number of hydrogen-bond acceptors (Lipinski definition) is 1. The Balaban J connectivity index is 2.09. The molecule has 1 fully saturated rings. The van der Waals surface area contributed by atoms with Gasteiger partial charge in [-0.1, -0.05) is 43.5 Å². The van der Waals surface area contributed by atoms with Gasteiger partial charge in [-0.15, -0.1) is 6.58 Å². The van der Waals surface area contributed by atoms with Gasteiger partial charge in [-0.2, -0.15) is 0 Å². The summed E-state index contributed by atoms with van der Waals surface area (Å²) in [4.78, 5) is 10.4. The molecular weight excluding hydrogens is 188 g/mol. The SMILES string of the molecule is C=CCCC[SiH]1CCC(CC=O)CC1. The van der Waals surface area contributed by atoms with E-state index >= 15 is 0 Å². The van der Waals surface area contributed by atoms with Gasteiger partial charge in [0.1, 0.15) is 6.29 Å². The number of carbonyl (C=O) groups is 1. The molecule has 0 aromatic carbocycles. The maximum atomic E-state index is 10.4. The van der Waals surface area contributed by atoms with Crippen LogP contribution in [0.5, 0.6) is 0 Å². The fourth-order valence-electron chi connectivity index (χ4n) is 2.44. The normalized spacial score (nSPS) is 27.1. The van der Waals surface area contributed by atoms with Gasteiger partial charge in [0.05, 0.1) is 0 Å². The summed E-state index contributed by atoms with van der Waals surface area (Å²) in [6.07, 6.45) is 9.18. The highest BCUT2D eigenvalue weighted by atomic mass is 28.3. The fourth-order valence-corrected chi connectivity index (χ4v) is 6.01. The largest absolute Gasteiger partial charge is 0.303 e. The van der Waals surface area contributed by atoms with Crippen LogP contribution in [-0.4, -0.2) is 15.1 Å². The van der Waals surface area contributed by atoms with Crippen molar-refractivity contribution in [2.24, 2.45) is 5.92 Å². The summed E-state index contributed by atoms with van der Waals surface area (Å²) in [6.45, 7) is 3.76. The third kappa shape index (κ3) is 4.23. The van der Waals surface area contributed by atoms with E-state index in [-0.39, 0.29) is 8.80 Å². The van der Waals surface area contributed by atoms with Gasteiger partial charge in [-0.3, -0.25) is 0 Å². The smallest absolute Gasteiger partial charge is 0.120 e. The van der Waals surface area contributed by atoms with E-state index in [0.717, 1.165) is 18.6 Å². The minimum Gasteiger partial charge on any atom is -0.303 e. The quantitative estimate of drug-likeness (QED) is 0.285. The Labute approximate surface area is 89.2 Å². The Kier molecular flexibility index (Phi) is 5.84. The zero-order valence-corrected chi connectivity index (χ0v) is 10.2. The van der Waals surface area contributed by atoms with E-state index in [0.29, 0.717) is 0 Å². The molecule has 14 heavy (non-hydrogen) atoms. The van der Waals surface area contributed by atoms with Crippen molar-refractivity contribution in [2.45, 2.75) is 50.2 Å². The molecule has 0 aromatic heterocycles. The standard InChI is InChI=1S/C12H22OSi/c1-2-3-4-9-14-10-6-12(5-8-13)7-11-14/h2,8,12,14H,1,3-7,9-11H2. The summed E-state index contributed by atoms with van der Waals surface area (Å²) < 4.78 is 0. The first-order valence-corrected chi connectivity index (χ1v) is 8.36. The Morgan fingerprint density at radius 2 is 2.07 bits per heavy atom. The van der Waals surface area contributed by atoms with Crippen LogP contribution in [0.2, 0.25) is 18.1 Å². The molecule has 0 bridgehead atoms. The van der Waals surface area contributed by atoms with Crippen LogP contribution in [0, 0.1) is 5.92 Å². The van der Waals surface area contributed by atoms with Crippen LogP contribution in [0.1, 0.15) is 32.1 Å². The molecule has 1 nitrogen and oxygen atoms in total. The highest BCUT2D eigenvalue weighted by Crippen LogP contribution is 2.29. The van der Waals surface area contributed by atoms with Gasteiger partial charge in [0.15, 0.2) is 0 Å². The Hall–Kier alpha value is -0.373. The lowest BCUT2D eigenvalue weighted by atomic mass is 10.00. The first-order chi connectivity index (χ1) is 6.86. The Bertz CT molecular complexity index is 171. The van der Waals surface area contributed by atoms with Gasteiger partial charge < -0.3 is 4.79 Å².